The number of rotatable bonds is 4. The minimum Gasteiger partial charge on any atom is -0.350 e. The Hall–Kier alpha value is -4.18. The zero-order valence-electron chi connectivity index (χ0n) is 20.4. The van der Waals surface area contributed by atoms with Crippen LogP contribution in [0.5, 0.6) is 0 Å². The third-order valence-corrected chi connectivity index (χ3v) is 6.45. The molecule has 0 saturated heterocycles. The van der Waals surface area contributed by atoms with Crippen LogP contribution in [0.1, 0.15) is 37.5 Å². The van der Waals surface area contributed by atoms with Crippen LogP contribution in [0.2, 0.25) is 0 Å². The predicted molar refractivity (Wildman–Crippen MR) is 143 cm³/mol. The smallest absolute Gasteiger partial charge is 0.282 e. The molecule has 0 fully saturated rings. The van der Waals surface area contributed by atoms with E-state index in [0.29, 0.717) is 16.8 Å². The third kappa shape index (κ3) is 4.12. The Morgan fingerprint density at radius 3 is 2.06 bits per heavy atom. The number of anilines is 2. The van der Waals surface area contributed by atoms with Gasteiger partial charge in [-0.05, 0) is 47.1 Å². The second-order valence-corrected chi connectivity index (χ2v) is 10.0. The molecule has 1 aliphatic rings. The maximum absolute atomic E-state index is 13.8. The van der Waals surface area contributed by atoms with Gasteiger partial charge in [-0.15, -0.1) is 0 Å². The number of carbonyl (C=O) groups is 2. The highest BCUT2D eigenvalue weighted by molar-refractivity contribution is 6.47. The van der Waals surface area contributed by atoms with Crippen molar-refractivity contribution in [3.05, 3.63) is 113 Å². The van der Waals surface area contributed by atoms with Gasteiger partial charge in [0.25, 0.3) is 11.8 Å². The Kier molecular flexibility index (Phi) is 5.52. The van der Waals surface area contributed by atoms with Crippen LogP contribution in [0.15, 0.2) is 96.7 Å². The number of hydrogen-bond acceptors (Lipinski definition) is 3. The van der Waals surface area contributed by atoms with Crippen LogP contribution >= 0.6 is 0 Å². The number of amides is 2. The highest BCUT2D eigenvalue weighted by Gasteiger charge is 2.40. The summed E-state index contributed by atoms with van der Waals surface area (Å²) in [7, 11) is 0. The van der Waals surface area contributed by atoms with E-state index in [1.165, 1.54) is 10.5 Å². The van der Waals surface area contributed by atoms with Gasteiger partial charge < -0.3 is 5.32 Å². The molecule has 4 nitrogen and oxygen atoms in total. The molecule has 0 atom stereocenters. The van der Waals surface area contributed by atoms with Crippen LogP contribution in [0, 0.1) is 6.92 Å². The fraction of sp³-hybridized carbons (Fsp3) is 0.161. The van der Waals surface area contributed by atoms with E-state index in [-0.39, 0.29) is 22.9 Å². The van der Waals surface area contributed by atoms with Crippen molar-refractivity contribution in [3.63, 3.8) is 0 Å². The topological polar surface area (TPSA) is 49.4 Å². The average Bonchev–Trinajstić information content (AvgIpc) is 3.08. The van der Waals surface area contributed by atoms with Crippen molar-refractivity contribution in [2.24, 2.45) is 0 Å². The highest BCUT2D eigenvalue weighted by atomic mass is 16.2. The zero-order valence-corrected chi connectivity index (χ0v) is 20.4. The van der Waals surface area contributed by atoms with Crippen molar-refractivity contribution in [2.75, 3.05) is 10.2 Å². The van der Waals surface area contributed by atoms with Crippen molar-refractivity contribution in [1.82, 2.24) is 0 Å². The number of aryl methyl sites for hydroxylation is 1. The SMILES string of the molecule is Cc1ccc(C2=C(Nc3ccc(C(C)(C)C)cc3)C(=O)N(c3cccc4ccccc34)C2=O)cc1. The highest BCUT2D eigenvalue weighted by Crippen LogP contribution is 2.37. The van der Waals surface area contributed by atoms with E-state index < -0.39 is 0 Å². The van der Waals surface area contributed by atoms with E-state index in [2.05, 4.69) is 38.2 Å². The van der Waals surface area contributed by atoms with Gasteiger partial charge in [0, 0.05) is 11.1 Å². The summed E-state index contributed by atoms with van der Waals surface area (Å²) in [6, 6.07) is 29.2. The van der Waals surface area contributed by atoms with Gasteiger partial charge in [0.05, 0.1) is 11.3 Å². The summed E-state index contributed by atoms with van der Waals surface area (Å²) in [6.07, 6.45) is 0. The Balaban J connectivity index is 1.61. The molecule has 1 N–H and O–H groups in total. The zero-order chi connectivity index (χ0) is 24.7. The second-order valence-electron chi connectivity index (χ2n) is 10.0. The van der Waals surface area contributed by atoms with Crippen molar-refractivity contribution >= 4 is 39.5 Å². The summed E-state index contributed by atoms with van der Waals surface area (Å²) in [4.78, 5) is 29.0. The van der Waals surface area contributed by atoms with E-state index in [4.69, 9.17) is 0 Å². The normalized spacial score (nSPS) is 14.2. The molecule has 1 heterocycles. The maximum Gasteiger partial charge on any atom is 0.282 e. The number of nitrogens with one attached hydrogen (secondary N) is 1. The first-order valence-corrected chi connectivity index (χ1v) is 11.8. The summed E-state index contributed by atoms with van der Waals surface area (Å²) >= 11 is 0. The molecular formula is C31H28N2O2. The number of hydrogen-bond donors (Lipinski definition) is 1. The fourth-order valence-corrected chi connectivity index (χ4v) is 4.45. The van der Waals surface area contributed by atoms with E-state index in [9.17, 15) is 9.59 Å². The van der Waals surface area contributed by atoms with Crippen molar-refractivity contribution in [3.8, 4) is 0 Å². The Morgan fingerprint density at radius 2 is 1.37 bits per heavy atom. The van der Waals surface area contributed by atoms with E-state index in [0.717, 1.165) is 22.0 Å². The molecule has 174 valence electrons. The summed E-state index contributed by atoms with van der Waals surface area (Å²) in [6.45, 7) is 8.48. The molecule has 0 spiro atoms. The summed E-state index contributed by atoms with van der Waals surface area (Å²) < 4.78 is 0. The van der Waals surface area contributed by atoms with Gasteiger partial charge in [-0.3, -0.25) is 9.59 Å². The number of nitrogens with zero attached hydrogens (tertiary/aromatic N) is 1. The molecule has 35 heavy (non-hydrogen) atoms. The van der Waals surface area contributed by atoms with Crippen molar-refractivity contribution in [2.45, 2.75) is 33.1 Å². The Morgan fingerprint density at radius 1 is 0.714 bits per heavy atom. The number of benzene rings is 4. The molecule has 2 amide bonds. The molecule has 1 aliphatic heterocycles. The predicted octanol–water partition coefficient (Wildman–Crippen LogP) is 6.84. The molecule has 0 unspecified atom stereocenters. The Bertz CT molecular complexity index is 1470. The fourth-order valence-electron chi connectivity index (χ4n) is 4.45. The first-order chi connectivity index (χ1) is 16.7. The number of fused-ring (bicyclic) bond motifs is 1. The molecule has 0 aromatic heterocycles. The van der Waals surface area contributed by atoms with E-state index in [1.807, 2.05) is 85.8 Å². The van der Waals surface area contributed by atoms with Gasteiger partial charge in [-0.25, -0.2) is 4.90 Å². The molecule has 0 radical (unpaired) electrons. The van der Waals surface area contributed by atoms with Gasteiger partial charge in [0.1, 0.15) is 5.70 Å². The lowest BCUT2D eigenvalue weighted by atomic mass is 9.87. The van der Waals surface area contributed by atoms with E-state index >= 15 is 0 Å². The van der Waals surface area contributed by atoms with Gasteiger partial charge in [0.2, 0.25) is 0 Å². The van der Waals surface area contributed by atoms with Crippen LogP contribution in [0.4, 0.5) is 11.4 Å². The number of carbonyl (C=O) groups excluding carboxylic acids is 2. The average molecular weight is 461 g/mol. The standard InChI is InChI=1S/C31H28N2O2/c1-20-12-14-22(15-13-20)27-28(32-24-18-16-23(17-19-24)31(2,3)4)30(35)33(29(27)34)26-11-7-9-21-8-5-6-10-25(21)26/h5-19,32H,1-4H3. The van der Waals surface area contributed by atoms with Crippen LogP contribution in [-0.2, 0) is 15.0 Å². The van der Waals surface area contributed by atoms with Crippen molar-refractivity contribution < 1.29 is 9.59 Å². The van der Waals surface area contributed by atoms with Gasteiger partial charge in [-0.1, -0.05) is 99.1 Å². The Labute approximate surface area is 205 Å². The molecule has 0 saturated carbocycles. The molecular weight excluding hydrogens is 432 g/mol. The molecule has 5 rings (SSSR count). The second kappa shape index (κ2) is 8.55. The lowest BCUT2D eigenvalue weighted by molar-refractivity contribution is -0.120. The largest absolute Gasteiger partial charge is 0.350 e. The maximum atomic E-state index is 13.8. The van der Waals surface area contributed by atoms with Gasteiger partial charge in [0.15, 0.2) is 0 Å². The summed E-state index contributed by atoms with van der Waals surface area (Å²) in [5.74, 6) is -0.689. The molecule has 4 aromatic carbocycles. The quantitative estimate of drug-likeness (QED) is 0.339. The van der Waals surface area contributed by atoms with Gasteiger partial charge >= 0.3 is 0 Å². The number of imide groups is 1. The first kappa shape index (κ1) is 22.6. The van der Waals surface area contributed by atoms with Crippen LogP contribution < -0.4 is 10.2 Å². The summed E-state index contributed by atoms with van der Waals surface area (Å²) in [5, 5.41) is 5.11. The summed E-state index contributed by atoms with van der Waals surface area (Å²) in [5.41, 5.74) is 5.03. The minimum atomic E-state index is -0.359. The van der Waals surface area contributed by atoms with Crippen LogP contribution in [-0.4, -0.2) is 11.8 Å². The molecule has 0 bridgehead atoms. The minimum absolute atomic E-state index is 0.0230. The van der Waals surface area contributed by atoms with Gasteiger partial charge in [-0.2, -0.15) is 0 Å². The molecule has 0 aliphatic carbocycles. The van der Waals surface area contributed by atoms with Crippen molar-refractivity contribution in [1.29, 1.82) is 0 Å². The van der Waals surface area contributed by atoms with E-state index in [1.54, 1.807) is 0 Å². The lowest BCUT2D eigenvalue weighted by Crippen LogP contribution is -2.32. The lowest BCUT2D eigenvalue weighted by Gasteiger charge is -2.20. The van der Waals surface area contributed by atoms with Crippen LogP contribution in [0.3, 0.4) is 0 Å². The molecule has 4 heteroatoms. The third-order valence-electron chi connectivity index (χ3n) is 6.45. The monoisotopic (exact) mass is 460 g/mol. The molecule has 4 aromatic rings. The first-order valence-electron chi connectivity index (χ1n) is 11.8. The van der Waals surface area contributed by atoms with Crippen LogP contribution in [0.25, 0.3) is 16.3 Å².